The van der Waals surface area contributed by atoms with Gasteiger partial charge >= 0.3 is 4.87 Å². The maximum atomic E-state index is 10.9. The van der Waals surface area contributed by atoms with Crippen LogP contribution < -0.4 is 4.87 Å². The predicted octanol–water partition coefficient (Wildman–Crippen LogP) is 1.15. The average molecular weight is 195 g/mol. The third-order valence-corrected chi connectivity index (χ3v) is 2.49. The number of nitrogens with one attached hydrogen (secondary N) is 1. The quantitative estimate of drug-likeness (QED) is 0.742. The summed E-state index contributed by atoms with van der Waals surface area (Å²) in [5.41, 5.74) is 2.76. The number of thiazole rings is 1. The number of hydrogen-bond donors (Lipinski definition) is 1. The second-order valence-electron chi connectivity index (χ2n) is 2.86. The lowest BCUT2D eigenvalue weighted by Gasteiger charge is -1.90. The summed E-state index contributed by atoms with van der Waals surface area (Å²) < 4.78 is 1.74. The van der Waals surface area contributed by atoms with Crippen molar-refractivity contribution in [2.45, 2.75) is 6.92 Å². The van der Waals surface area contributed by atoms with E-state index in [0.29, 0.717) is 0 Å². The number of aryl methyl sites for hydroxylation is 2. The van der Waals surface area contributed by atoms with Crippen molar-refractivity contribution in [3.8, 4) is 11.3 Å². The Balaban J connectivity index is 2.57. The van der Waals surface area contributed by atoms with E-state index in [1.807, 2.05) is 25.5 Å². The van der Waals surface area contributed by atoms with Crippen LogP contribution in [0.2, 0.25) is 0 Å². The molecule has 0 atom stereocenters. The van der Waals surface area contributed by atoms with Gasteiger partial charge in [-0.05, 0) is 6.92 Å². The van der Waals surface area contributed by atoms with Gasteiger partial charge in [0.2, 0.25) is 0 Å². The summed E-state index contributed by atoms with van der Waals surface area (Å²) in [7, 11) is 1.86. The van der Waals surface area contributed by atoms with Crippen molar-refractivity contribution in [2.75, 3.05) is 0 Å². The SMILES string of the molecule is Cc1nn(C)cc1-c1csc(=O)[nH]1. The molecule has 0 saturated heterocycles. The summed E-state index contributed by atoms with van der Waals surface area (Å²) in [5.74, 6) is 0. The zero-order chi connectivity index (χ0) is 9.42. The standard InChI is InChI=1S/C8H9N3OS/c1-5-6(3-11(2)10-5)7-4-13-8(12)9-7/h3-4H,1-2H3,(H,9,12). The van der Waals surface area contributed by atoms with Gasteiger partial charge in [-0.25, -0.2) is 0 Å². The Kier molecular flexibility index (Phi) is 1.81. The van der Waals surface area contributed by atoms with Gasteiger partial charge in [0.1, 0.15) is 0 Å². The molecule has 0 fully saturated rings. The van der Waals surface area contributed by atoms with Crippen molar-refractivity contribution >= 4 is 11.3 Å². The van der Waals surface area contributed by atoms with E-state index in [1.54, 1.807) is 4.68 Å². The van der Waals surface area contributed by atoms with Gasteiger partial charge in [0.15, 0.2) is 0 Å². The summed E-state index contributed by atoms with van der Waals surface area (Å²) in [6.45, 7) is 1.92. The third kappa shape index (κ3) is 1.42. The molecule has 0 aliphatic heterocycles. The third-order valence-electron chi connectivity index (χ3n) is 1.82. The van der Waals surface area contributed by atoms with Gasteiger partial charge in [0, 0.05) is 24.2 Å². The lowest BCUT2D eigenvalue weighted by atomic mass is 10.2. The number of aromatic nitrogens is 3. The molecule has 13 heavy (non-hydrogen) atoms. The van der Waals surface area contributed by atoms with Crippen LogP contribution in [0.3, 0.4) is 0 Å². The molecule has 0 saturated carbocycles. The van der Waals surface area contributed by atoms with Crippen LogP contribution in [0.5, 0.6) is 0 Å². The lowest BCUT2D eigenvalue weighted by Crippen LogP contribution is -1.92. The van der Waals surface area contributed by atoms with Crippen molar-refractivity contribution in [1.82, 2.24) is 14.8 Å². The van der Waals surface area contributed by atoms with Crippen LogP contribution in [0, 0.1) is 6.92 Å². The van der Waals surface area contributed by atoms with Gasteiger partial charge in [-0.2, -0.15) is 5.10 Å². The molecule has 0 aromatic carbocycles. The van der Waals surface area contributed by atoms with E-state index in [1.165, 1.54) is 11.3 Å². The number of hydrogen-bond acceptors (Lipinski definition) is 3. The molecule has 0 radical (unpaired) electrons. The fourth-order valence-corrected chi connectivity index (χ4v) is 1.86. The van der Waals surface area contributed by atoms with Crippen LogP contribution in [0.1, 0.15) is 5.69 Å². The molecule has 68 valence electrons. The highest BCUT2D eigenvalue weighted by Crippen LogP contribution is 2.19. The Hall–Kier alpha value is -1.36. The Morgan fingerprint density at radius 1 is 1.62 bits per heavy atom. The minimum atomic E-state index is -0.0294. The highest BCUT2D eigenvalue weighted by Gasteiger charge is 2.07. The van der Waals surface area contributed by atoms with E-state index >= 15 is 0 Å². The maximum absolute atomic E-state index is 10.9. The molecule has 0 aliphatic carbocycles. The van der Waals surface area contributed by atoms with E-state index in [4.69, 9.17) is 0 Å². The molecule has 1 N–H and O–H groups in total. The van der Waals surface area contributed by atoms with Gasteiger partial charge in [0.05, 0.1) is 11.4 Å². The van der Waals surface area contributed by atoms with Crippen molar-refractivity contribution in [3.05, 3.63) is 26.9 Å². The number of aromatic amines is 1. The predicted molar refractivity (Wildman–Crippen MR) is 51.9 cm³/mol. The first-order valence-corrected chi connectivity index (χ1v) is 4.73. The molecular formula is C8H9N3OS. The van der Waals surface area contributed by atoms with Crippen LogP contribution in [-0.2, 0) is 7.05 Å². The monoisotopic (exact) mass is 195 g/mol. The molecule has 5 heteroatoms. The minimum absolute atomic E-state index is 0.0294. The average Bonchev–Trinajstić information content (AvgIpc) is 2.58. The summed E-state index contributed by atoms with van der Waals surface area (Å²) in [4.78, 5) is 13.6. The fourth-order valence-electron chi connectivity index (χ4n) is 1.28. The largest absolute Gasteiger partial charge is 0.312 e. The molecule has 2 aromatic rings. The van der Waals surface area contributed by atoms with Crippen LogP contribution in [0.4, 0.5) is 0 Å². The molecular weight excluding hydrogens is 186 g/mol. The second kappa shape index (κ2) is 2.85. The van der Waals surface area contributed by atoms with Crippen molar-refractivity contribution < 1.29 is 0 Å². The van der Waals surface area contributed by atoms with E-state index < -0.39 is 0 Å². The smallest absolute Gasteiger partial charge is 0.304 e. The van der Waals surface area contributed by atoms with Crippen LogP contribution in [0.25, 0.3) is 11.3 Å². The van der Waals surface area contributed by atoms with Crippen molar-refractivity contribution in [1.29, 1.82) is 0 Å². The summed E-state index contributed by atoms with van der Waals surface area (Å²) in [6, 6.07) is 0. The minimum Gasteiger partial charge on any atom is -0.312 e. The molecule has 0 spiro atoms. The van der Waals surface area contributed by atoms with E-state index in [0.717, 1.165) is 17.0 Å². The topological polar surface area (TPSA) is 50.7 Å². The number of H-pyrrole nitrogens is 1. The Labute approximate surface area is 78.8 Å². The fraction of sp³-hybridized carbons (Fsp3) is 0.250. The molecule has 2 rings (SSSR count). The highest BCUT2D eigenvalue weighted by atomic mass is 32.1. The van der Waals surface area contributed by atoms with Crippen molar-refractivity contribution in [3.63, 3.8) is 0 Å². The molecule has 0 amide bonds. The first-order chi connectivity index (χ1) is 6.16. The van der Waals surface area contributed by atoms with E-state index in [2.05, 4.69) is 10.1 Å². The molecule has 2 aromatic heterocycles. The van der Waals surface area contributed by atoms with Crippen molar-refractivity contribution in [2.24, 2.45) is 7.05 Å². The van der Waals surface area contributed by atoms with Crippen LogP contribution in [-0.4, -0.2) is 14.8 Å². The molecule has 0 aliphatic rings. The highest BCUT2D eigenvalue weighted by molar-refractivity contribution is 7.07. The Morgan fingerprint density at radius 2 is 2.38 bits per heavy atom. The number of rotatable bonds is 1. The molecule has 0 unspecified atom stereocenters. The zero-order valence-electron chi connectivity index (χ0n) is 7.37. The zero-order valence-corrected chi connectivity index (χ0v) is 8.18. The first-order valence-electron chi connectivity index (χ1n) is 3.85. The number of nitrogens with zero attached hydrogens (tertiary/aromatic N) is 2. The van der Waals surface area contributed by atoms with Gasteiger partial charge in [-0.1, -0.05) is 11.3 Å². The van der Waals surface area contributed by atoms with Crippen LogP contribution in [0.15, 0.2) is 16.4 Å². The first kappa shape index (κ1) is 8.25. The summed E-state index contributed by atoms with van der Waals surface area (Å²) in [5, 5.41) is 6.01. The Bertz CT molecular complexity index is 480. The summed E-state index contributed by atoms with van der Waals surface area (Å²) in [6.07, 6.45) is 1.90. The van der Waals surface area contributed by atoms with E-state index in [-0.39, 0.29) is 4.87 Å². The normalized spacial score (nSPS) is 10.6. The van der Waals surface area contributed by atoms with Gasteiger partial charge in [0.25, 0.3) is 0 Å². The second-order valence-corrected chi connectivity index (χ2v) is 3.71. The molecule has 2 heterocycles. The van der Waals surface area contributed by atoms with Gasteiger partial charge in [-0.15, -0.1) is 0 Å². The van der Waals surface area contributed by atoms with Crippen LogP contribution >= 0.6 is 11.3 Å². The summed E-state index contributed by atoms with van der Waals surface area (Å²) >= 11 is 1.17. The van der Waals surface area contributed by atoms with Gasteiger partial charge < -0.3 is 4.98 Å². The lowest BCUT2D eigenvalue weighted by molar-refractivity contribution is 0.756. The molecule has 0 bridgehead atoms. The molecule has 4 nitrogen and oxygen atoms in total. The Morgan fingerprint density at radius 3 is 2.85 bits per heavy atom. The maximum Gasteiger partial charge on any atom is 0.304 e. The van der Waals surface area contributed by atoms with Gasteiger partial charge in [-0.3, -0.25) is 9.48 Å². The van der Waals surface area contributed by atoms with E-state index in [9.17, 15) is 4.79 Å².